The van der Waals surface area contributed by atoms with E-state index in [4.69, 9.17) is 9.47 Å². The average molecular weight is 277 g/mol. The van der Waals surface area contributed by atoms with Gasteiger partial charge >= 0.3 is 0 Å². The molecular weight excluding hydrogens is 254 g/mol. The Kier molecular flexibility index (Phi) is 5.87. The third-order valence-electron chi connectivity index (χ3n) is 3.38. The van der Waals surface area contributed by atoms with Crippen LogP contribution in [0.1, 0.15) is 31.7 Å². The van der Waals surface area contributed by atoms with Gasteiger partial charge in [0.15, 0.2) is 6.61 Å². The van der Waals surface area contributed by atoms with Crippen LogP contribution in [-0.2, 0) is 16.0 Å². The zero-order chi connectivity index (χ0) is 14.2. The summed E-state index contributed by atoms with van der Waals surface area (Å²) >= 11 is 0. The van der Waals surface area contributed by atoms with Crippen molar-refractivity contribution in [1.82, 2.24) is 5.32 Å². The van der Waals surface area contributed by atoms with E-state index in [-0.39, 0.29) is 18.6 Å². The Bertz CT molecular complexity index is 410. The molecule has 1 aromatic carbocycles. The van der Waals surface area contributed by atoms with Crippen LogP contribution in [0, 0.1) is 0 Å². The van der Waals surface area contributed by atoms with Crippen molar-refractivity contribution in [1.29, 1.82) is 0 Å². The van der Waals surface area contributed by atoms with Crippen LogP contribution in [-0.4, -0.2) is 31.8 Å². The molecule has 0 aliphatic carbocycles. The van der Waals surface area contributed by atoms with Gasteiger partial charge in [-0.3, -0.25) is 4.79 Å². The molecule has 1 saturated heterocycles. The van der Waals surface area contributed by atoms with Crippen molar-refractivity contribution in [3.05, 3.63) is 29.8 Å². The van der Waals surface area contributed by atoms with Crippen LogP contribution in [0.4, 0.5) is 0 Å². The van der Waals surface area contributed by atoms with Crippen molar-refractivity contribution >= 4 is 5.91 Å². The molecule has 1 aromatic rings. The van der Waals surface area contributed by atoms with Crippen molar-refractivity contribution in [3.63, 3.8) is 0 Å². The monoisotopic (exact) mass is 277 g/mol. The average Bonchev–Trinajstić information content (AvgIpc) is 2.98. The van der Waals surface area contributed by atoms with Crippen molar-refractivity contribution < 1.29 is 14.3 Å². The van der Waals surface area contributed by atoms with Crippen LogP contribution in [0.2, 0.25) is 0 Å². The van der Waals surface area contributed by atoms with Gasteiger partial charge in [0, 0.05) is 13.2 Å². The molecule has 4 nitrogen and oxygen atoms in total. The summed E-state index contributed by atoms with van der Waals surface area (Å²) in [5, 5.41) is 2.84. The maximum atomic E-state index is 11.7. The fraction of sp³-hybridized carbons (Fsp3) is 0.562. The van der Waals surface area contributed by atoms with Crippen molar-refractivity contribution in [2.24, 2.45) is 0 Å². The highest BCUT2D eigenvalue weighted by molar-refractivity contribution is 5.77. The van der Waals surface area contributed by atoms with E-state index in [0.717, 1.165) is 38.0 Å². The van der Waals surface area contributed by atoms with Gasteiger partial charge in [-0.15, -0.1) is 0 Å². The molecular formula is C16H23NO3. The zero-order valence-electron chi connectivity index (χ0n) is 12.1. The number of benzene rings is 1. The lowest BCUT2D eigenvalue weighted by molar-refractivity contribution is -0.123. The summed E-state index contributed by atoms with van der Waals surface area (Å²) in [5.41, 5.74) is 1.29. The molecule has 0 spiro atoms. The third kappa shape index (κ3) is 4.85. The molecule has 1 N–H and O–H groups in total. The van der Waals surface area contributed by atoms with Crippen LogP contribution in [0.5, 0.6) is 5.75 Å². The van der Waals surface area contributed by atoms with Crippen molar-refractivity contribution in [3.8, 4) is 5.75 Å². The highest BCUT2D eigenvalue weighted by Gasteiger charge is 2.16. The van der Waals surface area contributed by atoms with Gasteiger partial charge in [0.25, 0.3) is 5.91 Å². The van der Waals surface area contributed by atoms with E-state index in [1.165, 1.54) is 5.56 Å². The first kappa shape index (κ1) is 14.9. The first-order valence-corrected chi connectivity index (χ1v) is 7.38. The Hall–Kier alpha value is -1.55. The van der Waals surface area contributed by atoms with Crippen LogP contribution in [0.3, 0.4) is 0 Å². The van der Waals surface area contributed by atoms with Gasteiger partial charge in [-0.1, -0.05) is 25.5 Å². The van der Waals surface area contributed by atoms with Gasteiger partial charge in [-0.2, -0.15) is 0 Å². The molecule has 1 aliphatic heterocycles. The van der Waals surface area contributed by atoms with Gasteiger partial charge in [-0.25, -0.2) is 0 Å². The molecule has 0 bridgehead atoms. The standard InChI is InChI=1S/C16H23NO3/c1-2-4-13-6-8-14(9-7-13)20-12-16(18)17-11-15-5-3-10-19-15/h6-9,15H,2-5,10-12H2,1H3,(H,17,18). The van der Waals surface area contributed by atoms with E-state index < -0.39 is 0 Å². The Morgan fingerprint density at radius 2 is 2.20 bits per heavy atom. The SMILES string of the molecule is CCCc1ccc(OCC(=O)NCC2CCCO2)cc1. The summed E-state index contributed by atoms with van der Waals surface area (Å²) in [6, 6.07) is 7.92. The molecule has 2 rings (SSSR count). The fourth-order valence-electron chi connectivity index (χ4n) is 2.27. The van der Waals surface area contributed by atoms with E-state index in [2.05, 4.69) is 12.2 Å². The van der Waals surface area contributed by atoms with Crippen LogP contribution in [0.15, 0.2) is 24.3 Å². The number of carbonyl (C=O) groups excluding carboxylic acids is 1. The van der Waals surface area contributed by atoms with E-state index in [1.54, 1.807) is 0 Å². The lowest BCUT2D eigenvalue weighted by atomic mass is 10.1. The Morgan fingerprint density at radius 3 is 2.85 bits per heavy atom. The highest BCUT2D eigenvalue weighted by Crippen LogP contribution is 2.13. The second-order valence-corrected chi connectivity index (χ2v) is 5.12. The number of hydrogen-bond donors (Lipinski definition) is 1. The molecule has 0 aromatic heterocycles. The first-order valence-electron chi connectivity index (χ1n) is 7.38. The van der Waals surface area contributed by atoms with Gasteiger partial charge in [0.1, 0.15) is 5.75 Å². The molecule has 1 heterocycles. The van der Waals surface area contributed by atoms with Crippen molar-refractivity contribution in [2.45, 2.75) is 38.7 Å². The Morgan fingerprint density at radius 1 is 1.40 bits per heavy atom. The van der Waals surface area contributed by atoms with E-state index in [9.17, 15) is 4.79 Å². The van der Waals surface area contributed by atoms with Gasteiger partial charge < -0.3 is 14.8 Å². The lowest BCUT2D eigenvalue weighted by Crippen LogP contribution is -2.35. The van der Waals surface area contributed by atoms with Gasteiger partial charge in [0.05, 0.1) is 6.10 Å². The maximum Gasteiger partial charge on any atom is 0.258 e. The number of carbonyl (C=O) groups is 1. The summed E-state index contributed by atoms with van der Waals surface area (Å²) < 4.78 is 10.9. The summed E-state index contributed by atoms with van der Waals surface area (Å²) in [6.45, 7) is 3.60. The predicted molar refractivity (Wildman–Crippen MR) is 77.9 cm³/mol. The van der Waals surface area contributed by atoms with Crippen LogP contribution >= 0.6 is 0 Å². The molecule has 1 atom stereocenters. The Balaban J connectivity index is 1.66. The summed E-state index contributed by atoms with van der Waals surface area (Å²) in [4.78, 5) is 11.7. The van der Waals surface area contributed by atoms with E-state index in [0.29, 0.717) is 6.54 Å². The topological polar surface area (TPSA) is 47.6 Å². The molecule has 20 heavy (non-hydrogen) atoms. The molecule has 0 saturated carbocycles. The predicted octanol–water partition coefficient (Wildman–Crippen LogP) is 2.31. The largest absolute Gasteiger partial charge is 0.484 e. The zero-order valence-corrected chi connectivity index (χ0v) is 12.1. The minimum Gasteiger partial charge on any atom is -0.484 e. The minimum atomic E-state index is -0.0989. The second kappa shape index (κ2) is 7.90. The molecule has 0 radical (unpaired) electrons. The Labute approximate surface area is 120 Å². The van der Waals surface area contributed by atoms with E-state index >= 15 is 0 Å². The number of ether oxygens (including phenoxy) is 2. The highest BCUT2D eigenvalue weighted by atomic mass is 16.5. The minimum absolute atomic E-state index is 0.0554. The summed E-state index contributed by atoms with van der Waals surface area (Å²) in [7, 11) is 0. The molecule has 4 heteroatoms. The quantitative estimate of drug-likeness (QED) is 0.832. The number of hydrogen-bond acceptors (Lipinski definition) is 3. The van der Waals surface area contributed by atoms with Gasteiger partial charge in [-0.05, 0) is 37.0 Å². The van der Waals surface area contributed by atoms with E-state index in [1.807, 2.05) is 24.3 Å². The van der Waals surface area contributed by atoms with Crippen LogP contribution < -0.4 is 10.1 Å². The molecule has 1 unspecified atom stereocenters. The fourth-order valence-corrected chi connectivity index (χ4v) is 2.27. The molecule has 1 aliphatic rings. The number of nitrogens with one attached hydrogen (secondary N) is 1. The number of rotatable bonds is 7. The maximum absolute atomic E-state index is 11.7. The summed E-state index contributed by atoms with van der Waals surface area (Å²) in [6.07, 6.45) is 4.49. The lowest BCUT2D eigenvalue weighted by Gasteiger charge is -2.11. The van der Waals surface area contributed by atoms with Crippen LogP contribution in [0.25, 0.3) is 0 Å². The second-order valence-electron chi connectivity index (χ2n) is 5.12. The summed E-state index contributed by atoms with van der Waals surface area (Å²) in [5.74, 6) is 0.634. The molecule has 1 amide bonds. The van der Waals surface area contributed by atoms with Gasteiger partial charge in [0.2, 0.25) is 0 Å². The van der Waals surface area contributed by atoms with Crippen molar-refractivity contribution in [2.75, 3.05) is 19.8 Å². The number of aryl methyl sites for hydroxylation is 1. The molecule has 1 fully saturated rings. The smallest absolute Gasteiger partial charge is 0.258 e. The normalized spacial score (nSPS) is 17.9. The third-order valence-corrected chi connectivity index (χ3v) is 3.38. The first-order chi connectivity index (χ1) is 9.78. The number of amides is 1. The molecule has 110 valence electrons.